The predicted octanol–water partition coefficient (Wildman–Crippen LogP) is 2.95. The molecule has 0 aliphatic carbocycles. The molecule has 6 nitrogen and oxygen atoms in total. The third kappa shape index (κ3) is 5.26. The van der Waals surface area contributed by atoms with Crippen LogP contribution in [0.5, 0.6) is 0 Å². The van der Waals surface area contributed by atoms with Crippen LogP contribution in [0.4, 0.5) is 4.79 Å². The Kier molecular flexibility index (Phi) is 6.35. The van der Waals surface area contributed by atoms with Gasteiger partial charge < -0.3 is 20.3 Å². The van der Waals surface area contributed by atoms with Gasteiger partial charge in [-0.3, -0.25) is 0 Å². The van der Waals surface area contributed by atoms with E-state index < -0.39 is 18.3 Å². The molecule has 0 fully saturated rings. The minimum atomic E-state index is -1.13. The number of hydrogen-bond donors (Lipinski definition) is 3. The molecule has 3 rings (SSSR count). The van der Waals surface area contributed by atoms with Crippen LogP contribution in [0.2, 0.25) is 0 Å². The molecule has 0 saturated carbocycles. The number of aliphatic hydroxyl groups excluding tert-OH is 2. The summed E-state index contributed by atoms with van der Waals surface area (Å²) in [7, 11) is 0. The second-order valence-corrected chi connectivity index (χ2v) is 6.22. The molecule has 2 unspecified atom stereocenters. The normalized spacial score (nSPS) is 13.1. The average molecular weight is 366 g/mol. The van der Waals surface area contributed by atoms with E-state index in [2.05, 4.69) is 10.3 Å². The summed E-state index contributed by atoms with van der Waals surface area (Å²) in [6.45, 7) is 0.359. The third-order valence-electron chi connectivity index (χ3n) is 4.21. The van der Waals surface area contributed by atoms with E-state index in [9.17, 15) is 15.0 Å². The van der Waals surface area contributed by atoms with Crippen LogP contribution in [-0.2, 0) is 11.3 Å². The number of carbonyl (C=O) groups excluding carboxylic acids is 1. The van der Waals surface area contributed by atoms with Gasteiger partial charge in [-0.05, 0) is 24.1 Å². The molecule has 0 spiro atoms. The fourth-order valence-electron chi connectivity index (χ4n) is 2.70. The minimum absolute atomic E-state index is 0.177. The molecular formula is C21H22N2O4. The van der Waals surface area contributed by atoms with Crippen LogP contribution in [0.1, 0.15) is 23.8 Å². The number of amides is 1. The molecule has 0 radical (unpaired) electrons. The molecule has 140 valence electrons. The Labute approximate surface area is 157 Å². The lowest BCUT2D eigenvalue weighted by Gasteiger charge is -2.18. The van der Waals surface area contributed by atoms with E-state index in [4.69, 9.17) is 4.74 Å². The Bertz CT molecular complexity index is 885. The van der Waals surface area contributed by atoms with E-state index in [0.29, 0.717) is 5.69 Å². The van der Waals surface area contributed by atoms with Crippen molar-refractivity contribution in [3.05, 3.63) is 78.0 Å². The lowest BCUT2D eigenvalue weighted by atomic mass is 10.1. The third-order valence-corrected chi connectivity index (χ3v) is 4.21. The molecule has 2 aromatic carbocycles. The number of carbonyl (C=O) groups is 1. The Hall–Kier alpha value is -2.96. The monoisotopic (exact) mass is 366 g/mol. The molecule has 0 aliphatic heterocycles. The number of para-hydroxylation sites is 1. The average Bonchev–Trinajstić information content (AvgIpc) is 2.72. The van der Waals surface area contributed by atoms with Crippen molar-refractivity contribution >= 4 is 17.0 Å². The van der Waals surface area contributed by atoms with E-state index in [1.807, 2.05) is 60.7 Å². The molecule has 1 heterocycles. The van der Waals surface area contributed by atoms with Crippen molar-refractivity contribution in [3.63, 3.8) is 0 Å². The van der Waals surface area contributed by atoms with Crippen molar-refractivity contribution in [1.29, 1.82) is 0 Å². The van der Waals surface area contributed by atoms with Gasteiger partial charge in [0.1, 0.15) is 12.7 Å². The molecule has 27 heavy (non-hydrogen) atoms. The zero-order valence-corrected chi connectivity index (χ0v) is 14.8. The highest BCUT2D eigenvalue weighted by Gasteiger charge is 2.20. The number of nitrogens with one attached hydrogen (secondary N) is 1. The number of pyridine rings is 1. The highest BCUT2D eigenvalue weighted by molar-refractivity contribution is 5.78. The number of hydrogen-bond acceptors (Lipinski definition) is 5. The fraction of sp³-hybridized carbons (Fsp3) is 0.238. The number of nitrogens with zero attached hydrogens (tertiary/aromatic N) is 1. The summed E-state index contributed by atoms with van der Waals surface area (Å²) in [5, 5.41) is 24.0. The van der Waals surface area contributed by atoms with Crippen molar-refractivity contribution in [2.75, 3.05) is 6.54 Å². The number of ether oxygens (including phenoxy) is 1. The zero-order chi connectivity index (χ0) is 19.1. The number of aliphatic hydroxyl groups is 2. The summed E-state index contributed by atoms with van der Waals surface area (Å²) < 4.78 is 5.10. The highest BCUT2D eigenvalue weighted by Crippen LogP contribution is 2.20. The summed E-state index contributed by atoms with van der Waals surface area (Å²) in [5.74, 6) is 0. The van der Waals surface area contributed by atoms with Gasteiger partial charge in [0.2, 0.25) is 0 Å². The van der Waals surface area contributed by atoms with Gasteiger partial charge in [-0.15, -0.1) is 0 Å². The van der Waals surface area contributed by atoms with Crippen LogP contribution in [-0.4, -0.2) is 33.9 Å². The topological polar surface area (TPSA) is 91.7 Å². The second-order valence-electron chi connectivity index (χ2n) is 6.22. The first-order valence-corrected chi connectivity index (χ1v) is 8.80. The molecule has 1 amide bonds. The number of fused-ring (bicyclic) bond motifs is 1. The number of alkyl carbamates (subject to hydrolysis) is 1. The van der Waals surface area contributed by atoms with Gasteiger partial charge >= 0.3 is 6.09 Å². The van der Waals surface area contributed by atoms with Crippen molar-refractivity contribution < 1.29 is 19.7 Å². The van der Waals surface area contributed by atoms with Crippen molar-refractivity contribution in [1.82, 2.24) is 10.3 Å². The van der Waals surface area contributed by atoms with Gasteiger partial charge in [-0.2, -0.15) is 0 Å². The van der Waals surface area contributed by atoms with E-state index in [0.717, 1.165) is 16.5 Å². The molecule has 0 saturated heterocycles. The molecule has 2 atom stereocenters. The summed E-state index contributed by atoms with van der Waals surface area (Å²) in [4.78, 5) is 16.1. The van der Waals surface area contributed by atoms with Crippen molar-refractivity contribution in [2.24, 2.45) is 0 Å². The quantitative estimate of drug-likeness (QED) is 0.598. The van der Waals surface area contributed by atoms with Crippen molar-refractivity contribution in [2.45, 2.75) is 25.2 Å². The minimum Gasteiger partial charge on any atom is -0.445 e. The second kappa shape index (κ2) is 9.12. The van der Waals surface area contributed by atoms with Gasteiger partial charge in [0, 0.05) is 11.9 Å². The Morgan fingerprint density at radius 1 is 1.00 bits per heavy atom. The Morgan fingerprint density at radius 2 is 1.74 bits per heavy atom. The van der Waals surface area contributed by atoms with Gasteiger partial charge in [-0.1, -0.05) is 54.6 Å². The van der Waals surface area contributed by atoms with Crippen molar-refractivity contribution in [3.8, 4) is 0 Å². The first-order valence-electron chi connectivity index (χ1n) is 8.80. The smallest absolute Gasteiger partial charge is 0.407 e. The number of rotatable bonds is 7. The molecule has 0 bridgehead atoms. The summed E-state index contributed by atoms with van der Waals surface area (Å²) in [6.07, 6.45) is -2.56. The molecule has 6 heteroatoms. The molecule has 3 aromatic rings. The lowest BCUT2D eigenvalue weighted by Crippen LogP contribution is -2.30. The maximum atomic E-state index is 11.7. The standard InChI is InChI=1S/C21H22N2O4/c24-19(12-13-22-21(26)27-14-15-6-2-1-3-7-15)20(25)18-11-10-16-8-4-5-9-17(16)23-18/h1-11,19-20,24-25H,12-14H2,(H,22,26). The van der Waals surface area contributed by atoms with E-state index >= 15 is 0 Å². The van der Waals surface area contributed by atoms with Gasteiger partial charge in [0.15, 0.2) is 0 Å². The number of benzene rings is 2. The predicted molar refractivity (Wildman–Crippen MR) is 102 cm³/mol. The largest absolute Gasteiger partial charge is 0.445 e. The van der Waals surface area contributed by atoms with Gasteiger partial charge in [0.25, 0.3) is 0 Å². The Morgan fingerprint density at radius 3 is 2.56 bits per heavy atom. The maximum Gasteiger partial charge on any atom is 0.407 e. The van der Waals surface area contributed by atoms with Gasteiger partial charge in [-0.25, -0.2) is 9.78 Å². The maximum absolute atomic E-state index is 11.7. The van der Waals surface area contributed by atoms with Gasteiger partial charge in [0.05, 0.1) is 17.3 Å². The first kappa shape index (κ1) is 18.8. The van der Waals surface area contributed by atoms with Crippen LogP contribution in [0.15, 0.2) is 66.7 Å². The zero-order valence-electron chi connectivity index (χ0n) is 14.8. The summed E-state index contributed by atoms with van der Waals surface area (Å²) in [5.41, 5.74) is 2.04. The van der Waals surface area contributed by atoms with Crippen LogP contribution >= 0.6 is 0 Å². The van der Waals surface area contributed by atoms with Crippen LogP contribution in [0.3, 0.4) is 0 Å². The van der Waals surface area contributed by atoms with E-state index in [1.54, 1.807) is 6.07 Å². The van der Waals surface area contributed by atoms with E-state index in [1.165, 1.54) is 0 Å². The molecule has 0 aliphatic rings. The van der Waals surface area contributed by atoms with Crippen LogP contribution < -0.4 is 5.32 Å². The molecule has 3 N–H and O–H groups in total. The highest BCUT2D eigenvalue weighted by atomic mass is 16.5. The van der Waals surface area contributed by atoms with Crippen LogP contribution in [0.25, 0.3) is 10.9 Å². The molecular weight excluding hydrogens is 344 g/mol. The fourth-order valence-corrected chi connectivity index (χ4v) is 2.70. The first-order chi connectivity index (χ1) is 13.1. The summed E-state index contributed by atoms with van der Waals surface area (Å²) in [6, 6.07) is 20.5. The van der Waals surface area contributed by atoms with E-state index in [-0.39, 0.29) is 19.6 Å². The van der Waals surface area contributed by atoms with Crippen LogP contribution in [0, 0.1) is 0 Å². The lowest BCUT2D eigenvalue weighted by molar-refractivity contribution is 0.0113. The number of aromatic nitrogens is 1. The SMILES string of the molecule is O=C(NCCC(O)C(O)c1ccc2ccccc2n1)OCc1ccccc1. The summed E-state index contributed by atoms with van der Waals surface area (Å²) >= 11 is 0. The Balaban J connectivity index is 1.45. The molecule has 1 aromatic heterocycles.